The van der Waals surface area contributed by atoms with E-state index >= 15 is 0 Å². The molecule has 0 saturated carbocycles. The summed E-state index contributed by atoms with van der Waals surface area (Å²) in [6, 6.07) is 11.4. The molecule has 0 radical (unpaired) electrons. The lowest BCUT2D eigenvalue weighted by molar-refractivity contribution is 0.0945. The number of nitrogens with zero attached hydrogens (tertiary/aromatic N) is 3. The maximum atomic E-state index is 12.2. The molecular weight excluding hydrogens is 280 g/mol. The third kappa shape index (κ3) is 3.59. The van der Waals surface area contributed by atoms with Crippen LogP contribution in [0.1, 0.15) is 16.1 Å². The zero-order valence-electron chi connectivity index (χ0n) is 12.2. The van der Waals surface area contributed by atoms with Crippen molar-refractivity contribution in [1.82, 2.24) is 15.3 Å². The van der Waals surface area contributed by atoms with E-state index in [1.165, 1.54) is 0 Å². The highest BCUT2D eigenvalue weighted by Crippen LogP contribution is 2.10. The van der Waals surface area contributed by atoms with Gasteiger partial charge in [0.25, 0.3) is 5.91 Å². The highest BCUT2D eigenvalue weighted by Gasteiger charge is 2.15. The van der Waals surface area contributed by atoms with Crippen molar-refractivity contribution in [3.05, 3.63) is 53.9 Å². The summed E-state index contributed by atoms with van der Waals surface area (Å²) >= 11 is 0. The molecule has 1 saturated heterocycles. The molecule has 1 aliphatic rings. The molecule has 1 aliphatic heterocycles. The molecular formula is C16H18N4O2. The van der Waals surface area contributed by atoms with Crippen LogP contribution in [0.3, 0.4) is 0 Å². The second-order valence-corrected chi connectivity index (χ2v) is 5.01. The molecule has 2 heterocycles. The third-order valence-electron chi connectivity index (χ3n) is 3.47. The van der Waals surface area contributed by atoms with Crippen LogP contribution in [0.15, 0.2) is 42.6 Å². The van der Waals surface area contributed by atoms with Gasteiger partial charge in [0.15, 0.2) is 0 Å². The molecule has 3 rings (SSSR count). The summed E-state index contributed by atoms with van der Waals surface area (Å²) in [4.78, 5) is 22.8. The van der Waals surface area contributed by atoms with Gasteiger partial charge in [-0.05, 0) is 11.6 Å². The van der Waals surface area contributed by atoms with Crippen molar-refractivity contribution < 1.29 is 9.53 Å². The first-order chi connectivity index (χ1) is 10.8. The summed E-state index contributed by atoms with van der Waals surface area (Å²) in [5, 5.41) is 2.87. The number of hydrogen-bond donors (Lipinski definition) is 1. The smallest absolute Gasteiger partial charge is 0.270 e. The molecule has 1 amide bonds. The predicted molar refractivity (Wildman–Crippen MR) is 82.7 cm³/mol. The number of hydrogen-bond acceptors (Lipinski definition) is 5. The topological polar surface area (TPSA) is 67.4 Å². The number of aromatic nitrogens is 2. The fourth-order valence-electron chi connectivity index (χ4n) is 2.26. The van der Waals surface area contributed by atoms with Gasteiger partial charge in [0.05, 0.1) is 13.2 Å². The van der Waals surface area contributed by atoms with E-state index in [1.807, 2.05) is 35.2 Å². The van der Waals surface area contributed by atoms with Crippen LogP contribution in [-0.2, 0) is 11.3 Å². The fourth-order valence-corrected chi connectivity index (χ4v) is 2.26. The SMILES string of the molecule is O=C(NCc1ccccc1)c1ccnc(N2CCOCC2)n1. The van der Waals surface area contributed by atoms with E-state index in [9.17, 15) is 4.79 Å². The molecule has 114 valence electrons. The van der Waals surface area contributed by atoms with Gasteiger partial charge in [-0.15, -0.1) is 0 Å². The van der Waals surface area contributed by atoms with E-state index in [2.05, 4.69) is 15.3 Å². The van der Waals surface area contributed by atoms with Gasteiger partial charge in [0.1, 0.15) is 5.69 Å². The highest BCUT2D eigenvalue weighted by atomic mass is 16.5. The zero-order valence-corrected chi connectivity index (χ0v) is 12.2. The lowest BCUT2D eigenvalue weighted by Gasteiger charge is -2.26. The quantitative estimate of drug-likeness (QED) is 0.920. The molecule has 0 bridgehead atoms. The third-order valence-corrected chi connectivity index (χ3v) is 3.47. The normalized spacial score (nSPS) is 14.6. The van der Waals surface area contributed by atoms with E-state index in [0.717, 1.165) is 18.7 Å². The lowest BCUT2D eigenvalue weighted by Crippen LogP contribution is -2.37. The summed E-state index contributed by atoms with van der Waals surface area (Å²) in [6.07, 6.45) is 1.62. The van der Waals surface area contributed by atoms with Gasteiger partial charge in [0, 0.05) is 25.8 Å². The van der Waals surface area contributed by atoms with E-state index in [1.54, 1.807) is 12.3 Å². The average Bonchev–Trinajstić information content (AvgIpc) is 2.61. The molecule has 0 spiro atoms. The molecule has 6 heteroatoms. The van der Waals surface area contributed by atoms with Crippen molar-refractivity contribution in [3.8, 4) is 0 Å². The molecule has 1 N–H and O–H groups in total. The molecule has 1 fully saturated rings. The summed E-state index contributed by atoms with van der Waals surface area (Å²) in [6.45, 7) is 3.29. The van der Waals surface area contributed by atoms with Gasteiger partial charge in [-0.25, -0.2) is 9.97 Å². The fraction of sp³-hybridized carbons (Fsp3) is 0.312. The van der Waals surface area contributed by atoms with Crippen molar-refractivity contribution in [3.63, 3.8) is 0 Å². The first-order valence-electron chi connectivity index (χ1n) is 7.31. The second-order valence-electron chi connectivity index (χ2n) is 5.01. The van der Waals surface area contributed by atoms with Gasteiger partial charge < -0.3 is 15.0 Å². The minimum absolute atomic E-state index is 0.194. The standard InChI is InChI=1S/C16H18N4O2/c21-15(18-12-13-4-2-1-3-5-13)14-6-7-17-16(19-14)20-8-10-22-11-9-20/h1-7H,8-12H2,(H,18,21). The largest absolute Gasteiger partial charge is 0.378 e. The van der Waals surface area contributed by atoms with Gasteiger partial charge in [0.2, 0.25) is 5.95 Å². The first-order valence-corrected chi connectivity index (χ1v) is 7.31. The Balaban J connectivity index is 1.64. The monoisotopic (exact) mass is 298 g/mol. The van der Waals surface area contributed by atoms with Crippen LogP contribution in [-0.4, -0.2) is 42.2 Å². The zero-order chi connectivity index (χ0) is 15.2. The number of nitrogens with one attached hydrogen (secondary N) is 1. The predicted octanol–water partition coefficient (Wildman–Crippen LogP) is 1.24. The van der Waals surface area contributed by atoms with Crippen LogP contribution >= 0.6 is 0 Å². The van der Waals surface area contributed by atoms with Gasteiger partial charge in [-0.3, -0.25) is 4.79 Å². The van der Waals surface area contributed by atoms with Gasteiger partial charge >= 0.3 is 0 Å². The number of amides is 1. The molecule has 0 atom stereocenters. The van der Waals surface area contributed by atoms with E-state index in [4.69, 9.17) is 4.74 Å². The number of anilines is 1. The van der Waals surface area contributed by atoms with Crippen LogP contribution in [0.4, 0.5) is 5.95 Å². The van der Waals surface area contributed by atoms with Crippen LogP contribution in [0.5, 0.6) is 0 Å². The second kappa shape index (κ2) is 7.00. The van der Waals surface area contributed by atoms with E-state index < -0.39 is 0 Å². The van der Waals surface area contributed by atoms with Crippen molar-refractivity contribution in [2.75, 3.05) is 31.2 Å². The van der Waals surface area contributed by atoms with Gasteiger partial charge in [-0.2, -0.15) is 0 Å². The highest BCUT2D eigenvalue weighted by molar-refractivity contribution is 5.92. The summed E-state index contributed by atoms with van der Waals surface area (Å²) < 4.78 is 5.31. The summed E-state index contributed by atoms with van der Waals surface area (Å²) in [5.74, 6) is 0.386. The maximum Gasteiger partial charge on any atom is 0.270 e. The Hall–Kier alpha value is -2.47. The van der Waals surface area contributed by atoms with Crippen molar-refractivity contribution in [1.29, 1.82) is 0 Å². The van der Waals surface area contributed by atoms with E-state index in [-0.39, 0.29) is 5.91 Å². The van der Waals surface area contributed by atoms with Gasteiger partial charge in [-0.1, -0.05) is 30.3 Å². The molecule has 1 aromatic heterocycles. The minimum Gasteiger partial charge on any atom is -0.378 e. The Morgan fingerprint density at radius 3 is 2.73 bits per heavy atom. The lowest BCUT2D eigenvalue weighted by atomic mass is 10.2. The Morgan fingerprint density at radius 2 is 1.95 bits per heavy atom. The Morgan fingerprint density at radius 1 is 1.18 bits per heavy atom. The number of rotatable bonds is 4. The Labute approximate surface area is 129 Å². The first kappa shape index (κ1) is 14.5. The van der Waals surface area contributed by atoms with Crippen LogP contribution in [0.2, 0.25) is 0 Å². The van der Waals surface area contributed by atoms with Crippen molar-refractivity contribution in [2.24, 2.45) is 0 Å². The summed E-state index contributed by atoms with van der Waals surface area (Å²) in [7, 11) is 0. The average molecular weight is 298 g/mol. The Kier molecular flexibility index (Phi) is 4.60. The number of ether oxygens (including phenoxy) is 1. The number of carbonyl (C=O) groups excluding carboxylic acids is 1. The van der Waals surface area contributed by atoms with Crippen molar-refractivity contribution >= 4 is 11.9 Å². The van der Waals surface area contributed by atoms with Crippen LogP contribution in [0, 0.1) is 0 Å². The molecule has 6 nitrogen and oxygen atoms in total. The molecule has 2 aromatic rings. The molecule has 1 aromatic carbocycles. The number of carbonyl (C=O) groups is 1. The van der Waals surface area contributed by atoms with Crippen LogP contribution < -0.4 is 10.2 Å². The summed E-state index contributed by atoms with van der Waals surface area (Å²) in [5.41, 5.74) is 1.44. The van der Waals surface area contributed by atoms with E-state index in [0.29, 0.717) is 31.4 Å². The van der Waals surface area contributed by atoms with Crippen molar-refractivity contribution in [2.45, 2.75) is 6.54 Å². The maximum absolute atomic E-state index is 12.2. The molecule has 22 heavy (non-hydrogen) atoms. The minimum atomic E-state index is -0.194. The number of benzene rings is 1. The van der Waals surface area contributed by atoms with Crippen LogP contribution in [0.25, 0.3) is 0 Å². The molecule has 0 aliphatic carbocycles. The molecule has 0 unspecified atom stereocenters. The number of morpholine rings is 1. The Bertz CT molecular complexity index is 627.